The zero-order chi connectivity index (χ0) is 20.7. The minimum atomic E-state index is -1.28. The van der Waals surface area contributed by atoms with Gasteiger partial charge in [-0.1, -0.05) is 20.8 Å². The standard InChI is InChI=1S/C20H28N2O6/c1-19(2)11-6-7-20(3,10-11)18(19)28-17(26)15(13-5-4-8-27-13)22-16(25)12(21)9-14(23)24/h4-5,8,11-12,15,18H,6-7,9-10,21H2,1-3H3,(H,22,25)(H,23,24)/t11?,12-,15+,18+,20?/m0/s1. The van der Waals surface area contributed by atoms with Crippen LogP contribution in [0.1, 0.15) is 58.3 Å². The summed E-state index contributed by atoms with van der Waals surface area (Å²) in [6, 6.07) is 0.699. The first-order valence-electron chi connectivity index (χ1n) is 9.56. The van der Waals surface area contributed by atoms with Crippen LogP contribution in [0.2, 0.25) is 0 Å². The van der Waals surface area contributed by atoms with Crippen LogP contribution >= 0.6 is 0 Å². The molecule has 1 amide bonds. The number of hydrogen-bond acceptors (Lipinski definition) is 6. The van der Waals surface area contributed by atoms with E-state index in [4.69, 9.17) is 20.0 Å². The molecule has 0 aliphatic heterocycles. The quantitative estimate of drug-likeness (QED) is 0.605. The normalized spacial score (nSPS) is 29.9. The van der Waals surface area contributed by atoms with Gasteiger partial charge in [0.05, 0.1) is 18.7 Å². The van der Waals surface area contributed by atoms with Crippen molar-refractivity contribution in [1.29, 1.82) is 0 Å². The topological polar surface area (TPSA) is 132 Å². The number of furan rings is 1. The van der Waals surface area contributed by atoms with Crippen molar-refractivity contribution in [3.8, 4) is 0 Å². The number of nitrogens with one attached hydrogen (secondary N) is 1. The summed E-state index contributed by atoms with van der Waals surface area (Å²) in [4.78, 5) is 36.1. The third kappa shape index (κ3) is 3.65. The van der Waals surface area contributed by atoms with Crippen molar-refractivity contribution in [3.05, 3.63) is 24.2 Å². The van der Waals surface area contributed by atoms with Crippen LogP contribution in [0, 0.1) is 16.7 Å². The number of fused-ring (bicyclic) bond motifs is 2. The van der Waals surface area contributed by atoms with Gasteiger partial charge in [-0.2, -0.15) is 0 Å². The molecule has 1 aromatic rings. The minimum Gasteiger partial charge on any atom is -0.481 e. The Hall–Kier alpha value is -2.35. The number of esters is 1. The molecule has 3 rings (SSSR count). The predicted octanol–water partition coefficient (Wildman–Crippen LogP) is 2.00. The van der Waals surface area contributed by atoms with E-state index >= 15 is 0 Å². The Bertz CT molecular complexity index is 754. The molecule has 2 aliphatic carbocycles. The van der Waals surface area contributed by atoms with E-state index in [0.717, 1.165) is 19.3 Å². The molecule has 2 aliphatic rings. The van der Waals surface area contributed by atoms with Crippen LogP contribution in [-0.4, -0.2) is 35.1 Å². The molecule has 28 heavy (non-hydrogen) atoms. The van der Waals surface area contributed by atoms with E-state index in [1.807, 2.05) is 0 Å². The van der Waals surface area contributed by atoms with E-state index in [1.165, 1.54) is 6.26 Å². The maximum Gasteiger partial charge on any atom is 0.336 e. The molecular formula is C20H28N2O6. The van der Waals surface area contributed by atoms with E-state index in [1.54, 1.807) is 12.1 Å². The molecule has 8 nitrogen and oxygen atoms in total. The zero-order valence-corrected chi connectivity index (χ0v) is 16.4. The van der Waals surface area contributed by atoms with Crippen LogP contribution in [0.4, 0.5) is 0 Å². The first-order valence-corrected chi connectivity index (χ1v) is 9.56. The molecule has 2 fully saturated rings. The average molecular weight is 392 g/mol. The molecular weight excluding hydrogens is 364 g/mol. The van der Waals surface area contributed by atoms with Gasteiger partial charge in [-0.3, -0.25) is 9.59 Å². The number of amides is 1. The molecule has 1 heterocycles. The number of carbonyl (C=O) groups is 3. The monoisotopic (exact) mass is 392 g/mol. The van der Waals surface area contributed by atoms with Crippen LogP contribution in [0.15, 0.2) is 22.8 Å². The fraction of sp³-hybridized carbons (Fsp3) is 0.650. The summed E-state index contributed by atoms with van der Waals surface area (Å²) in [5.41, 5.74) is 5.39. The Balaban J connectivity index is 1.77. The zero-order valence-electron chi connectivity index (χ0n) is 16.4. The summed E-state index contributed by atoms with van der Waals surface area (Å²) in [7, 11) is 0. The maximum absolute atomic E-state index is 13.0. The second-order valence-corrected chi connectivity index (χ2v) is 8.89. The highest BCUT2D eigenvalue weighted by Crippen LogP contribution is 2.63. The van der Waals surface area contributed by atoms with E-state index in [9.17, 15) is 14.4 Å². The number of ether oxygens (including phenoxy) is 1. The van der Waals surface area contributed by atoms with E-state index in [-0.39, 0.29) is 22.7 Å². The summed E-state index contributed by atoms with van der Waals surface area (Å²) in [6.45, 7) is 6.37. The van der Waals surface area contributed by atoms with Gasteiger partial charge in [0.25, 0.3) is 0 Å². The maximum atomic E-state index is 13.0. The van der Waals surface area contributed by atoms with Gasteiger partial charge in [-0.15, -0.1) is 0 Å². The summed E-state index contributed by atoms with van der Waals surface area (Å²) < 4.78 is 11.2. The molecule has 5 atom stereocenters. The van der Waals surface area contributed by atoms with Crippen molar-refractivity contribution in [1.82, 2.24) is 5.32 Å². The molecule has 4 N–H and O–H groups in total. The molecule has 2 bridgehead atoms. The van der Waals surface area contributed by atoms with Gasteiger partial charge < -0.3 is 25.3 Å². The van der Waals surface area contributed by atoms with Crippen molar-refractivity contribution in [2.45, 2.75) is 64.6 Å². The van der Waals surface area contributed by atoms with Gasteiger partial charge in [0.2, 0.25) is 5.91 Å². The fourth-order valence-electron chi connectivity index (χ4n) is 4.97. The van der Waals surface area contributed by atoms with Gasteiger partial charge in [0.15, 0.2) is 6.04 Å². The summed E-state index contributed by atoms with van der Waals surface area (Å²) in [5, 5.41) is 11.3. The number of carbonyl (C=O) groups excluding carboxylic acids is 2. The van der Waals surface area contributed by atoms with Gasteiger partial charge >= 0.3 is 11.9 Å². The Morgan fingerprint density at radius 2 is 2.11 bits per heavy atom. The summed E-state index contributed by atoms with van der Waals surface area (Å²) >= 11 is 0. The Labute approximate surface area is 163 Å². The lowest BCUT2D eigenvalue weighted by molar-refractivity contribution is -0.168. The number of carboxylic acid groups (broad SMARTS) is 1. The van der Waals surface area contributed by atoms with Crippen LogP contribution in [0.25, 0.3) is 0 Å². The molecule has 0 saturated heterocycles. The van der Waals surface area contributed by atoms with Crippen LogP contribution in [0.3, 0.4) is 0 Å². The lowest BCUT2D eigenvalue weighted by atomic mass is 9.70. The molecule has 8 heteroatoms. The van der Waals surface area contributed by atoms with Crippen molar-refractivity contribution in [3.63, 3.8) is 0 Å². The highest BCUT2D eigenvalue weighted by molar-refractivity contribution is 5.90. The molecule has 0 aromatic carbocycles. The number of carboxylic acids is 1. The van der Waals surface area contributed by atoms with Crippen LogP contribution in [-0.2, 0) is 19.1 Å². The van der Waals surface area contributed by atoms with Crippen molar-refractivity contribution >= 4 is 17.8 Å². The predicted molar refractivity (Wildman–Crippen MR) is 98.9 cm³/mol. The van der Waals surface area contributed by atoms with Gasteiger partial charge in [-0.05, 0) is 37.3 Å². The fourth-order valence-corrected chi connectivity index (χ4v) is 4.97. The number of rotatable bonds is 7. The van der Waals surface area contributed by atoms with E-state index in [0.29, 0.717) is 5.92 Å². The second kappa shape index (κ2) is 7.24. The number of nitrogens with two attached hydrogens (primary N) is 1. The molecule has 2 saturated carbocycles. The first-order chi connectivity index (χ1) is 13.0. The lowest BCUT2D eigenvalue weighted by Gasteiger charge is -2.42. The molecule has 0 spiro atoms. The SMILES string of the molecule is CC12CCC(C1)C(C)(C)[C@H]2OC(=O)[C@H](NC(=O)[C@@H](N)CC(=O)O)c1ccco1. The summed E-state index contributed by atoms with van der Waals surface area (Å²) in [6.07, 6.45) is 3.72. The van der Waals surface area contributed by atoms with Gasteiger partial charge in [0.1, 0.15) is 11.9 Å². The Kier molecular flexibility index (Phi) is 5.27. The van der Waals surface area contributed by atoms with Crippen molar-refractivity contribution < 1.29 is 28.6 Å². The van der Waals surface area contributed by atoms with E-state index in [2.05, 4.69) is 26.1 Å². The summed E-state index contributed by atoms with van der Waals surface area (Å²) in [5.74, 6) is -1.86. The van der Waals surface area contributed by atoms with Gasteiger partial charge in [0, 0.05) is 10.8 Å². The lowest BCUT2D eigenvalue weighted by Crippen LogP contribution is -2.48. The van der Waals surface area contributed by atoms with Crippen molar-refractivity contribution in [2.24, 2.45) is 22.5 Å². The highest BCUT2D eigenvalue weighted by atomic mass is 16.5. The Morgan fingerprint density at radius 3 is 2.64 bits per heavy atom. The third-order valence-corrected chi connectivity index (χ3v) is 6.45. The molecule has 2 unspecified atom stereocenters. The van der Waals surface area contributed by atoms with Crippen molar-refractivity contribution in [2.75, 3.05) is 0 Å². The number of aliphatic carboxylic acids is 1. The van der Waals surface area contributed by atoms with Crippen LogP contribution < -0.4 is 11.1 Å². The largest absolute Gasteiger partial charge is 0.481 e. The average Bonchev–Trinajstić information content (AvgIpc) is 3.29. The Morgan fingerprint density at radius 1 is 1.39 bits per heavy atom. The van der Waals surface area contributed by atoms with Crippen LogP contribution in [0.5, 0.6) is 0 Å². The van der Waals surface area contributed by atoms with E-state index < -0.39 is 36.4 Å². The second-order valence-electron chi connectivity index (χ2n) is 8.89. The third-order valence-electron chi connectivity index (χ3n) is 6.45. The minimum absolute atomic E-state index is 0.0821. The molecule has 154 valence electrons. The van der Waals surface area contributed by atoms with Gasteiger partial charge in [-0.25, -0.2) is 4.79 Å². The molecule has 1 aromatic heterocycles. The highest BCUT2D eigenvalue weighted by Gasteiger charge is 2.61. The smallest absolute Gasteiger partial charge is 0.336 e. The first kappa shape index (κ1) is 20.4. The number of hydrogen-bond donors (Lipinski definition) is 3. The molecule has 0 radical (unpaired) electrons.